The SMILES string of the molecule is COc1ccc(Cn2c(=O)c(C#N)c(Cl)c3cc(OC)c(OC)cc32)cc1. The molecule has 0 unspecified atom stereocenters. The average Bonchev–Trinajstić information content (AvgIpc) is 2.71. The van der Waals surface area contributed by atoms with Gasteiger partial charge in [0.2, 0.25) is 0 Å². The number of ether oxygens (including phenoxy) is 3. The number of hydrogen-bond donors (Lipinski definition) is 0. The molecule has 0 N–H and O–H groups in total. The van der Waals surface area contributed by atoms with Gasteiger partial charge in [0.25, 0.3) is 5.56 Å². The molecule has 0 aliphatic carbocycles. The molecule has 0 aliphatic rings. The molecule has 0 saturated carbocycles. The molecular weight excluding hydrogens is 368 g/mol. The number of rotatable bonds is 5. The molecule has 138 valence electrons. The summed E-state index contributed by atoms with van der Waals surface area (Å²) >= 11 is 6.34. The highest BCUT2D eigenvalue weighted by Gasteiger charge is 2.18. The zero-order chi connectivity index (χ0) is 19.6. The third kappa shape index (κ3) is 3.29. The maximum Gasteiger partial charge on any atom is 0.270 e. The van der Waals surface area contributed by atoms with E-state index in [0.717, 1.165) is 11.3 Å². The van der Waals surface area contributed by atoms with Crippen LogP contribution in [0.15, 0.2) is 41.2 Å². The van der Waals surface area contributed by atoms with Gasteiger partial charge >= 0.3 is 0 Å². The van der Waals surface area contributed by atoms with Crippen LogP contribution in [0.25, 0.3) is 10.9 Å². The summed E-state index contributed by atoms with van der Waals surface area (Å²) in [5.41, 5.74) is 0.862. The molecule has 0 saturated heterocycles. The minimum absolute atomic E-state index is 0.101. The summed E-state index contributed by atoms with van der Waals surface area (Å²) in [5.74, 6) is 1.65. The predicted molar refractivity (Wildman–Crippen MR) is 103 cm³/mol. The van der Waals surface area contributed by atoms with Crippen molar-refractivity contribution in [3.8, 4) is 23.3 Å². The van der Waals surface area contributed by atoms with Crippen LogP contribution in [-0.4, -0.2) is 25.9 Å². The summed E-state index contributed by atoms with van der Waals surface area (Å²) in [7, 11) is 4.61. The van der Waals surface area contributed by atoms with E-state index >= 15 is 0 Å². The molecule has 0 radical (unpaired) electrons. The standard InChI is InChI=1S/C20H17ClN2O4/c1-25-13-6-4-12(5-7-13)11-23-16-9-18(27-3)17(26-2)8-14(16)19(21)15(10-22)20(23)24/h4-9H,11H2,1-3H3. The minimum Gasteiger partial charge on any atom is -0.497 e. The monoisotopic (exact) mass is 384 g/mol. The van der Waals surface area contributed by atoms with Crippen LogP contribution >= 0.6 is 11.6 Å². The van der Waals surface area contributed by atoms with Crippen molar-refractivity contribution in [2.45, 2.75) is 6.54 Å². The van der Waals surface area contributed by atoms with Crippen molar-refractivity contribution in [2.75, 3.05) is 21.3 Å². The van der Waals surface area contributed by atoms with Crippen LogP contribution in [0.2, 0.25) is 5.02 Å². The molecule has 0 bridgehead atoms. The normalized spacial score (nSPS) is 10.5. The second-order valence-corrected chi connectivity index (χ2v) is 6.14. The number of nitrogens with zero attached hydrogens (tertiary/aromatic N) is 2. The van der Waals surface area contributed by atoms with Gasteiger partial charge in [0.15, 0.2) is 11.5 Å². The van der Waals surface area contributed by atoms with Gasteiger partial charge in [0.1, 0.15) is 17.4 Å². The Labute approximate surface area is 161 Å². The first-order chi connectivity index (χ1) is 13.0. The Balaban J connectivity index is 2.28. The van der Waals surface area contributed by atoms with Gasteiger partial charge in [-0.25, -0.2) is 0 Å². The van der Waals surface area contributed by atoms with Gasteiger partial charge in [-0.2, -0.15) is 5.26 Å². The molecule has 6 nitrogen and oxygen atoms in total. The van der Waals surface area contributed by atoms with E-state index < -0.39 is 5.56 Å². The van der Waals surface area contributed by atoms with E-state index in [4.69, 9.17) is 25.8 Å². The molecule has 27 heavy (non-hydrogen) atoms. The number of benzene rings is 2. The lowest BCUT2D eigenvalue weighted by molar-refractivity contribution is 0.355. The highest BCUT2D eigenvalue weighted by molar-refractivity contribution is 6.36. The lowest BCUT2D eigenvalue weighted by Crippen LogP contribution is -2.24. The Morgan fingerprint density at radius 3 is 2.22 bits per heavy atom. The number of nitriles is 1. The summed E-state index contributed by atoms with van der Waals surface area (Å²) < 4.78 is 17.3. The fourth-order valence-electron chi connectivity index (χ4n) is 2.91. The van der Waals surface area contributed by atoms with E-state index in [2.05, 4.69) is 0 Å². The molecule has 0 atom stereocenters. The lowest BCUT2D eigenvalue weighted by atomic mass is 10.1. The molecule has 0 amide bonds. The highest BCUT2D eigenvalue weighted by atomic mass is 35.5. The summed E-state index contributed by atoms with van der Waals surface area (Å²) in [6.45, 7) is 0.265. The van der Waals surface area contributed by atoms with E-state index in [9.17, 15) is 10.1 Å². The van der Waals surface area contributed by atoms with Gasteiger partial charge in [0, 0.05) is 11.5 Å². The quantitative estimate of drug-likeness (QED) is 0.672. The van der Waals surface area contributed by atoms with Gasteiger partial charge in [-0.1, -0.05) is 23.7 Å². The predicted octanol–water partition coefficient (Wildman–Crippen LogP) is 3.60. The first-order valence-electron chi connectivity index (χ1n) is 8.05. The van der Waals surface area contributed by atoms with Crippen molar-refractivity contribution in [3.63, 3.8) is 0 Å². The molecule has 0 fully saturated rings. The topological polar surface area (TPSA) is 73.5 Å². The molecular formula is C20H17ClN2O4. The first kappa shape index (κ1) is 18.6. The van der Waals surface area contributed by atoms with Crippen LogP contribution in [0.1, 0.15) is 11.1 Å². The number of halogens is 1. The smallest absolute Gasteiger partial charge is 0.270 e. The van der Waals surface area contributed by atoms with E-state index in [1.165, 1.54) is 18.8 Å². The maximum absolute atomic E-state index is 12.9. The van der Waals surface area contributed by atoms with Crippen LogP contribution in [0.4, 0.5) is 0 Å². The van der Waals surface area contributed by atoms with Gasteiger partial charge < -0.3 is 18.8 Å². The highest BCUT2D eigenvalue weighted by Crippen LogP contribution is 2.35. The Morgan fingerprint density at radius 1 is 1.04 bits per heavy atom. The lowest BCUT2D eigenvalue weighted by Gasteiger charge is -2.16. The minimum atomic E-state index is -0.460. The fourth-order valence-corrected chi connectivity index (χ4v) is 3.18. The Kier molecular flexibility index (Phi) is 5.24. The average molecular weight is 385 g/mol. The number of methoxy groups -OCH3 is 3. The van der Waals surface area contributed by atoms with Crippen molar-refractivity contribution in [3.05, 3.63) is 62.9 Å². The van der Waals surface area contributed by atoms with Gasteiger partial charge in [-0.3, -0.25) is 4.79 Å². The van der Waals surface area contributed by atoms with Gasteiger partial charge in [-0.15, -0.1) is 0 Å². The molecule has 7 heteroatoms. The third-order valence-corrected chi connectivity index (χ3v) is 4.71. The van der Waals surface area contributed by atoms with Crippen LogP contribution in [0, 0.1) is 11.3 Å². The molecule has 1 heterocycles. The molecule has 3 rings (SSSR count). The molecule has 2 aromatic carbocycles. The fraction of sp³-hybridized carbons (Fsp3) is 0.200. The number of hydrogen-bond acceptors (Lipinski definition) is 5. The summed E-state index contributed by atoms with van der Waals surface area (Å²) in [6.07, 6.45) is 0. The van der Waals surface area contributed by atoms with Crippen LogP contribution in [0.3, 0.4) is 0 Å². The van der Waals surface area contributed by atoms with Crippen molar-refractivity contribution in [1.29, 1.82) is 5.26 Å². The molecule has 0 spiro atoms. The Hall–Kier alpha value is -3.17. The van der Waals surface area contributed by atoms with E-state index in [0.29, 0.717) is 22.4 Å². The second kappa shape index (κ2) is 7.60. The largest absolute Gasteiger partial charge is 0.497 e. The van der Waals surface area contributed by atoms with E-state index in [1.54, 1.807) is 19.2 Å². The van der Waals surface area contributed by atoms with Crippen molar-refractivity contribution in [2.24, 2.45) is 0 Å². The molecule has 0 aliphatic heterocycles. The van der Waals surface area contributed by atoms with Gasteiger partial charge in [-0.05, 0) is 23.8 Å². The molecule has 1 aromatic heterocycles. The van der Waals surface area contributed by atoms with Crippen molar-refractivity contribution >= 4 is 22.5 Å². The van der Waals surface area contributed by atoms with Crippen molar-refractivity contribution in [1.82, 2.24) is 4.57 Å². The van der Waals surface area contributed by atoms with Crippen LogP contribution < -0.4 is 19.8 Å². The molecule has 3 aromatic rings. The van der Waals surface area contributed by atoms with E-state index in [1.807, 2.05) is 30.3 Å². The first-order valence-corrected chi connectivity index (χ1v) is 8.42. The Morgan fingerprint density at radius 2 is 1.67 bits per heavy atom. The zero-order valence-corrected chi connectivity index (χ0v) is 15.8. The van der Waals surface area contributed by atoms with Gasteiger partial charge in [0.05, 0.1) is 38.4 Å². The third-order valence-electron chi connectivity index (χ3n) is 4.32. The van der Waals surface area contributed by atoms with Crippen LogP contribution in [-0.2, 0) is 6.54 Å². The van der Waals surface area contributed by atoms with Crippen LogP contribution in [0.5, 0.6) is 17.2 Å². The summed E-state index contributed by atoms with van der Waals surface area (Å²) in [4.78, 5) is 12.9. The zero-order valence-electron chi connectivity index (χ0n) is 15.1. The number of pyridine rings is 1. The van der Waals surface area contributed by atoms with Crippen molar-refractivity contribution < 1.29 is 14.2 Å². The number of aromatic nitrogens is 1. The summed E-state index contributed by atoms with van der Waals surface area (Å²) in [5, 5.41) is 10.1. The number of fused-ring (bicyclic) bond motifs is 1. The Bertz CT molecular complexity index is 1100. The van der Waals surface area contributed by atoms with E-state index in [-0.39, 0.29) is 17.1 Å². The maximum atomic E-state index is 12.9. The second-order valence-electron chi connectivity index (χ2n) is 5.76. The summed E-state index contributed by atoms with van der Waals surface area (Å²) in [6, 6.07) is 12.6.